The Bertz CT molecular complexity index is 670. The number of nitrogens with zero attached hydrogens (tertiary/aromatic N) is 3. The number of nitrogens with one attached hydrogen (secondary N) is 1. The molecule has 2 heterocycles. The fourth-order valence-corrected chi connectivity index (χ4v) is 5.56. The second kappa shape index (κ2) is 7.25. The summed E-state index contributed by atoms with van der Waals surface area (Å²) in [6.45, 7) is 0.839. The molecule has 8 heteroatoms. The van der Waals surface area contributed by atoms with Gasteiger partial charge in [-0.1, -0.05) is 0 Å². The lowest BCUT2D eigenvalue weighted by Gasteiger charge is -2.53. The Kier molecular flexibility index (Phi) is 5.07. The molecule has 154 valence electrons. The molecular weight excluding hydrogens is 366 g/mol. The number of rotatable bonds is 4. The second-order valence-corrected chi connectivity index (χ2v) is 9.08. The van der Waals surface area contributed by atoms with E-state index in [9.17, 15) is 18.4 Å². The minimum atomic E-state index is -1.13. The molecule has 5 rings (SSSR count). The summed E-state index contributed by atoms with van der Waals surface area (Å²) < 4.78 is 27.1. The zero-order chi connectivity index (χ0) is 19.9. The number of alkyl halides is 2. The van der Waals surface area contributed by atoms with Gasteiger partial charge in [-0.25, -0.2) is 8.78 Å². The molecule has 0 radical (unpaired) electrons. The number of halogens is 2. The van der Waals surface area contributed by atoms with E-state index >= 15 is 0 Å². The van der Waals surface area contributed by atoms with E-state index in [4.69, 9.17) is 5.26 Å². The van der Waals surface area contributed by atoms with Gasteiger partial charge in [-0.05, 0) is 44.9 Å². The summed E-state index contributed by atoms with van der Waals surface area (Å²) in [4.78, 5) is 28.5. The minimum Gasteiger partial charge on any atom is -0.339 e. The van der Waals surface area contributed by atoms with Crippen molar-refractivity contribution < 1.29 is 18.4 Å². The van der Waals surface area contributed by atoms with Crippen LogP contribution < -0.4 is 5.32 Å². The van der Waals surface area contributed by atoms with Crippen molar-refractivity contribution in [2.75, 3.05) is 26.2 Å². The van der Waals surface area contributed by atoms with Gasteiger partial charge in [0.2, 0.25) is 11.8 Å². The highest BCUT2D eigenvalue weighted by molar-refractivity contribution is 5.83. The Balaban J connectivity index is 1.32. The smallest absolute Gasteiger partial charge is 0.237 e. The normalized spacial score (nSPS) is 40.0. The van der Waals surface area contributed by atoms with Crippen LogP contribution in [0.2, 0.25) is 0 Å². The van der Waals surface area contributed by atoms with Crippen LogP contribution in [-0.2, 0) is 9.59 Å². The van der Waals surface area contributed by atoms with Gasteiger partial charge in [0.15, 0.2) is 0 Å². The SMILES string of the molecule is N#C[C@@H]1C[C@H](F)CN1C(=O)CNC12CCC(C(=O)N3CC[C@H](F)C3)(CC1)CC2. The molecule has 3 saturated carbocycles. The maximum Gasteiger partial charge on any atom is 0.237 e. The van der Waals surface area contributed by atoms with E-state index in [1.807, 2.05) is 6.07 Å². The Labute approximate surface area is 164 Å². The van der Waals surface area contributed by atoms with E-state index in [-0.39, 0.29) is 48.8 Å². The first-order valence-corrected chi connectivity index (χ1v) is 10.4. The summed E-state index contributed by atoms with van der Waals surface area (Å²) in [5.41, 5.74) is -0.526. The maximum atomic E-state index is 13.6. The van der Waals surface area contributed by atoms with E-state index in [1.54, 1.807) is 4.90 Å². The van der Waals surface area contributed by atoms with Crippen LogP contribution in [0.25, 0.3) is 0 Å². The Morgan fingerprint density at radius 1 is 1.07 bits per heavy atom. The number of likely N-dealkylation sites (tertiary alicyclic amines) is 2. The molecule has 0 aromatic carbocycles. The van der Waals surface area contributed by atoms with Crippen molar-refractivity contribution in [1.29, 1.82) is 5.26 Å². The summed E-state index contributed by atoms with van der Waals surface area (Å²) in [5, 5.41) is 12.5. The molecule has 6 nitrogen and oxygen atoms in total. The van der Waals surface area contributed by atoms with Gasteiger partial charge in [-0.15, -0.1) is 0 Å². The Morgan fingerprint density at radius 2 is 1.75 bits per heavy atom. The molecule has 5 aliphatic rings. The van der Waals surface area contributed by atoms with Crippen LogP contribution in [0.3, 0.4) is 0 Å². The molecule has 2 bridgehead atoms. The largest absolute Gasteiger partial charge is 0.339 e. The number of fused-ring (bicyclic) bond motifs is 3. The number of hydrogen-bond donors (Lipinski definition) is 1. The van der Waals surface area contributed by atoms with Crippen LogP contribution in [-0.4, -0.2) is 71.7 Å². The van der Waals surface area contributed by atoms with E-state index in [2.05, 4.69) is 5.32 Å². The van der Waals surface area contributed by atoms with E-state index in [1.165, 1.54) is 4.90 Å². The summed E-state index contributed by atoms with van der Waals surface area (Å²) in [7, 11) is 0. The third-order valence-electron chi connectivity index (χ3n) is 7.45. The van der Waals surface area contributed by atoms with Gasteiger partial charge in [-0.3, -0.25) is 9.59 Å². The van der Waals surface area contributed by atoms with Crippen molar-refractivity contribution >= 4 is 11.8 Å². The zero-order valence-electron chi connectivity index (χ0n) is 16.1. The maximum absolute atomic E-state index is 13.6. The molecule has 2 amide bonds. The third-order valence-corrected chi connectivity index (χ3v) is 7.45. The summed E-state index contributed by atoms with van der Waals surface area (Å²) in [6.07, 6.45) is 3.23. The molecule has 2 aliphatic heterocycles. The van der Waals surface area contributed by atoms with E-state index in [0.29, 0.717) is 13.0 Å². The van der Waals surface area contributed by atoms with Gasteiger partial charge >= 0.3 is 0 Å². The van der Waals surface area contributed by atoms with Crippen molar-refractivity contribution in [3.05, 3.63) is 0 Å². The van der Waals surface area contributed by atoms with Crippen LogP contribution in [0.4, 0.5) is 8.78 Å². The van der Waals surface area contributed by atoms with Crippen molar-refractivity contribution in [3.8, 4) is 6.07 Å². The summed E-state index contributed by atoms with van der Waals surface area (Å²) in [5.74, 6) is -0.120. The average molecular weight is 394 g/mol. The molecule has 28 heavy (non-hydrogen) atoms. The Hall–Kier alpha value is -1.75. The number of hydrogen-bond acceptors (Lipinski definition) is 4. The number of carbonyl (C=O) groups is 2. The van der Waals surface area contributed by atoms with Crippen LogP contribution >= 0.6 is 0 Å². The van der Waals surface area contributed by atoms with Gasteiger partial charge < -0.3 is 15.1 Å². The zero-order valence-corrected chi connectivity index (χ0v) is 16.1. The Morgan fingerprint density at radius 3 is 2.32 bits per heavy atom. The third kappa shape index (κ3) is 3.38. The highest BCUT2D eigenvalue weighted by Crippen LogP contribution is 2.53. The quantitative estimate of drug-likeness (QED) is 0.788. The van der Waals surface area contributed by atoms with Crippen LogP contribution in [0.5, 0.6) is 0 Å². The second-order valence-electron chi connectivity index (χ2n) is 9.08. The number of carbonyl (C=O) groups excluding carboxylic acids is 2. The van der Waals surface area contributed by atoms with E-state index in [0.717, 1.165) is 38.5 Å². The summed E-state index contributed by atoms with van der Waals surface area (Å²) in [6, 6.07) is 1.33. The van der Waals surface area contributed by atoms with Crippen LogP contribution in [0.1, 0.15) is 51.4 Å². The van der Waals surface area contributed by atoms with Gasteiger partial charge in [-0.2, -0.15) is 5.26 Å². The molecule has 5 fully saturated rings. The molecule has 1 N–H and O–H groups in total. The first-order valence-electron chi connectivity index (χ1n) is 10.4. The van der Waals surface area contributed by atoms with Gasteiger partial charge in [0.25, 0.3) is 0 Å². The highest BCUT2D eigenvalue weighted by Gasteiger charge is 2.54. The lowest BCUT2D eigenvalue weighted by molar-refractivity contribution is -0.149. The average Bonchev–Trinajstić information content (AvgIpc) is 3.32. The highest BCUT2D eigenvalue weighted by atomic mass is 19.1. The number of nitriles is 1. The molecule has 0 unspecified atom stereocenters. The van der Waals surface area contributed by atoms with Gasteiger partial charge in [0, 0.05) is 23.9 Å². The fourth-order valence-electron chi connectivity index (χ4n) is 5.56. The monoisotopic (exact) mass is 394 g/mol. The lowest BCUT2D eigenvalue weighted by atomic mass is 9.56. The van der Waals surface area contributed by atoms with Crippen LogP contribution in [0.15, 0.2) is 0 Å². The molecule has 3 atom stereocenters. The predicted octanol–water partition coefficient (Wildman–Crippen LogP) is 1.70. The fraction of sp³-hybridized carbons (Fsp3) is 0.850. The first kappa shape index (κ1) is 19.6. The summed E-state index contributed by atoms with van der Waals surface area (Å²) >= 11 is 0. The molecule has 0 spiro atoms. The van der Waals surface area contributed by atoms with Gasteiger partial charge in [0.05, 0.1) is 25.7 Å². The predicted molar refractivity (Wildman–Crippen MR) is 97.6 cm³/mol. The number of amides is 2. The van der Waals surface area contributed by atoms with Crippen LogP contribution in [0, 0.1) is 16.7 Å². The minimum absolute atomic E-state index is 0.00521. The topological polar surface area (TPSA) is 76.4 Å². The molecule has 3 aliphatic carbocycles. The molecule has 0 aromatic heterocycles. The van der Waals surface area contributed by atoms with Gasteiger partial charge in [0.1, 0.15) is 18.4 Å². The van der Waals surface area contributed by atoms with Crippen molar-refractivity contribution in [1.82, 2.24) is 15.1 Å². The molecule has 0 aromatic rings. The lowest BCUT2D eigenvalue weighted by Crippen LogP contribution is -2.60. The van der Waals surface area contributed by atoms with Crippen molar-refractivity contribution in [3.63, 3.8) is 0 Å². The van der Waals surface area contributed by atoms with Crippen molar-refractivity contribution in [2.45, 2.75) is 75.3 Å². The first-order chi connectivity index (χ1) is 13.4. The standard InChI is InChI=1S/C20H28F2N4O2/c21-14-1-8-25(12-14)18(28)19-2-5-20(6-3-19,7-4-19)24-11-17(27)26-13-15(22)9-16(26)10-23/h14-16,24H,1-9,11-13H2/t14-,15-,16-,19?,20?/m0/s1. The van der Waals surface area contributed by atoms with E-state index < -0.39 is 18.4 Å². The molecule has 2 saturated heterocycles. The molecular formula is C20H28F2N4O2. The van der Waals surface area contributed by atoms with Crippen molar-refractivity contribution in [2.24, 2.45) is 5.41 Å².